The molecule has 1 saturated carbocycles. The first-order valence-electron chi connectivity index (χ1n) is 4.31. The lowest BCUT2D eigenvalue weighted by Crippen LogP contribution is -2.07. The molecule has 76 valence electrons. The van der Waals surface area contributed by atoms with Crippen molar-refractivity contribution in [3.63, 3.8) is 0 Å². The van der Waals surface area contributed by atoms with Crippen LogP contribution in [0, 0.1) is 5.92 Å². The maximum Gasteiger partial charge on any atom is 0.255 e. The number of hydrogen-bond acceptors (Lipinski definition) is 3. The topological polar surface area (TPSA) is 48.1 Å². The van der Waals surface area contributed by atoms with E-state index in [4.69, 9.17) is 10.5 Å². The van der Waals surface area contributed by atoms with Crippen molar-refractivity contribution in [2.24, 2.45) is 5.92 Å². The monoisotopic (exact) mass is 200 g/mol. The highest BCUT2D eigenvalue weighted by Crippen LogP contribution is 2.48. The van der Waals surface area contributed by atoms with Crippen LogP contribution >= 0.6 is 0 Å². The SMILES string of the molecule is Nc1cccnc1OC[C@@H]1CC1(F)F. The Morgan fingerprint density at radius 3 is 2.93 bits per heavy atom. The van der Waals surface area contributed by atoms with Crippen LogP contribution in [0.1, 0.15) is 6.42 Å². The summed E-state index contributed by atoms with van der Waals surface area (Å²) in [5, 5.41) is 0. The lowest BCUT2D eigenvalue weighted by atomic mass is 10.4. The van der Waals surface area contributed by atoms with Crippen LogP contribution in [-0.4, -0.2) is 17.5 Å². The zero-order valence-corrected chi connectivity index (χ0v) is 7.41. The van der Waals surface area contributed by atoms with Gasteiger partial charge >= 0.3 is 0 Å². The second-order valence-corrected chi connectivity index (χ2v) is 3.37. The summed E-state index contributed by atoms with van der Waals surface area (Å²) in [6, 6.07) is 3.28. The zero-order chi connectivity index (χ0) is 10.2. The van der Waals surface area contributed by atoms with E-state index in [1.807, 2.05) is 0 Å². The van der Waals surface area contributed by atoms with Gasteiger partial charge < -0.3 is 10.5 Å². The third kappa shape index (κ3) is 1.76. The van der Waals surface area contributed by atoms with Gasteiger partial charge in [0.1, 0.15) is 0 Å². The number of pyridine rings is 1. The first kappa shape index (κ1) is 9.18. The lowest BCUT2D eigenvalue weighted by molar-refractivity contribution is 0.0851. The second-order valence-electron chi connectivity index (χ2n) is 3.37. The Morgan fingerprint density at radius 1 is 1.64 bits per heavy atom. The van der Waals surface area contributed by atoms with Crippen molar-refractivity contribution in [1.82, 2.24) is 4.98 Å². The van der Waals surface area contributed by atoms with Gasteiger partial charge in [0, 0.05) is 12.6 Å². The molecular formula is C9H10F2N2O. The van der Waals surface area contributed by atoms with Gasteiger partial charge in [-0.2, -0.15) is 0 Å². The van der Waals surface area contributed by atoms with Gasteiger partial charge in [-0.25, -0.2) is 13.8 Å². The summed E-state index contributed by atoms with van der Waals surface area (Å²) in [6.45, 7) is -0.0196. The molecule has 0 saturated heterocycles. The fourth-order valence-corrected chi connectivity index (χ4v) is 1.15. The summed E-state index contributed by atoms with van der Waals surface area (Å²) in [7, 11) is 0. The van der Waals surface area contributed by atoms with Crippen molar-refractivity contribution >= 4 is 5.69 Å². The molecule has 2 N–H and O–H groups in total. The average molecular weight is 200 g/mol. The summed E-state index contributed by atoms with van der Waals surface area (Å²) < 4.78 is 30.0. The Morgan fingerprint density at radius 2 is 2.36 bits per heavy atom. The Balaban J connectivity index is 1.90. The fraction of sp³-hybridized carbons (Fsp3) is 0.444. The maximum absolute atomic E-state index is 12.5. The minimum absolute atomic E-state index is 0.0196. The molecule has 0 bridgehead atoms. The molecule has 1 fully saturated rings. The Labute approximate surface area is 79.9 Å². The molecule has 1 atom stereocenters. The number of ether oxygens (including phenoxy) is 1. The number of halogens is 2. The van der Waals surface area contributed by atoms with E-state index in [2.05, 4.69) is 4.98 Å². The average Bonchev–Trinajstić information content (AvgIpc) is 2.73. The summed E-state index contributed by atoms with van der Waals surface area (Å²) in [5.41, 5.74) is 5.89. The second kappa shape index (κ2) is 3.08. The molecule has 0 radical (unpaired) electrons. The number of rotatable bonds is 3. The van der Waals surface area contributed by atoms with Gasteiger partial charge in [-0.3, -0.25) is 0 Å². The number of nitrogens with two attached hydrogens (primary N) is 1. The lowest BCUT2D eigenvalue weighted by Gasteiger charge is -2.05. The van der Waals surface area contributed by atoms with E-state index in [1.54, 1.807) is 12.1 Å². The van der Waals surface area contributed by atoms with Crippen molar-refractivity contribution in [1.29, 1.82) is 0 Å². The van der Waals surface area contributed by atoms with E-state index in [9.17, 15) is 8.78 Å². The normalized spacial score (nSPS) is 23.1. The van der Waals surface area contributed by atoms with Crippen LogP contribution in [0.5, 0.6) is 5.88 Å². The van der Waals surface area contributed by atoms with Gasteiger partial charge in [0.25, 0.3) is 5.92 Å². The fourth-order valence-electron chi connectivity index (χ4n) is 1.15. The van der Waals surface area contributed by atoms with E-state index >= 15 is 0 Å². The molecule has 14 heavy (non-hydrogen) atoms. The first-order chi connectivity index (χ1) is 6.59. The maximum atomic E-state index is 12.5. The number of alkyl halides is 2. The molecule has 0 aromatic carbocycles. The van der Waals surface area contributed by atoms with E-state index in [0.717, 1.165) is 0 Å². The van der Waals surface area contributed by atoms with E-state index < -0.39 is 11.8 Å². The molecule has 1 aliphatic carbocycles. The van der Waals surface area contributed by atoms with Crippen LogP contribution in [0.3, 0.4) is 0 Å². The van der Waals surface area contributed by atoms with Gasteiger partial charge in [-0.1, -0.05) is 0 Å². The zero-order valence-electron chi connectivity index (χ0n) is 7.41. The molecule has 0 spiro atoms. The molecule has 0 unspecified atom stereocenters. The van der Waals surface area contributed by atoms with E-state index in [1.165, 1.54) is 6.20 Å². The molecule has 2 rings (SSSR count). The number of nitrogens with zero attached hydrogens (tertiary/aromatic N) is 1. The number of anilines is 1. The summed E-state index contributed by atoms with van der Waals surface area (Å²) >= 11 is 0. The molecular weight excluding hydrogens is 190 g/mol. The van der Waals surface area contributed by atoms with Gasteiger partial charge in [0.15, 0.2) is 0 Å². The standard InChI is InChI=1S/C9H10F2N2O/c10-9(11)4-6(9)5-14-8-7(12)2-1-3-13-8/h1-3,6H,4-5,12H2/t6-/m0/s1. The summed E-state index contributed by atoms with van der Waals surface area (Å²) in [6.07, 6.45) is 1.41. The van der Waals surface area contributed by atoms with Crippen LogP contribution in [0.15, 0.2) is 18.3 Å². The van der Waals surface area contributed by atoms with Gasteiger partial charge in [-0.05, 0) is 12.1 Å². The molecule has 0 aliphatic heterocycles. The van der Waals surface area contributed by atoms with Gasteiger partial charge in [0.2, 0.25) is 5.88 Å². The van der Waals surface area contributed by atoms with Crippen LogP contribution in [0.4, 0.5) is 14.5 Å². The Bertz CT molecular complexity index is 343. The summed E-state index contributed by atoms with van der Waals surface area (Å²) in [4.78, 5) is 3.83. The first-order valence-corrected chi connectivity index (χ1v) is 4.31. The molecule has 1 aromatic rings. The minimum atomic E-state index is -2.55. The number of aromatic nitrogens is 1. The molecule has 1 aliphatic rings. The number of nitrogen functional groups attached to an aromatic ring is 1. The summed E-state index contributed by atoms with van der Waals surface area (Å²) in [5.74, 6) is -3.00. The molecule has 1 heterocycles. The smallest absolute Gasteiger partial charge is 0.255 e. The third-order valence-corrected chi connectivity index (χ3v) is 2.18. The number of hydrogen-bond donors (Lipinski definition) is 1. The highest BCUT2D eigenvalue weighted by molar-refractivity contribution is 5.46. The third-order valence-electron chi connectivity index (χ3n) is 2.18. The van der Waals surface area contributed by atoms with Crippen molar-refractivity contribution in [2.45, 2.75) is 12.3 Å². The van der Waals surface area contributed by atoms with Crippen molar-refractivity contribution in [3.05, 3.63) is 18.3 Å². The molecule has 5 heteroatoms. The van der Waals surface area contributed by atoms with Gasteiger partial charge in [-0.15, -0.1) is 0 Å². The van der Waals surface area contributed by atoms with Crippen LogP contribution in [0.25, 0.3) is 0 Å². The van der Waals surface area contributed by atoms with Crippen molar-refractivity contribution < 1.29 is 13.5 Å². The largest absolute Gasteiger partial charge is 0.476 e. The van der Waals surface area contributed by atoms with E-state index in [0.29, 0.717) is 5.69 Å². The predicted molar refractivity (Wildman–Crippen MR) is 47.2 cm³/mol. The van der Waals surface area contributed by atoms with Crippen LogP contribution in [-0.2, 0) is 0 Å². The highest BCUT2D eigenvalue weighted by Gasteiger charge is 2.57. The molecule has 0 amide bonds. The quantitative estimate of drug-likeness (QED) is 0.807. The van der Waals surface area contributed by atoms with Crippen LogP contribution < -0.4 is 10.5 Å². The van der Waals surface area contributed by atoms with E-state index in [-0.39, 0.29) is 18.9 Å². The Kier molecular flexibility index (Phi) is 2.02. The highest BCUT2D eigenvalue weighted by atomic mass is 19.3. The molecule has 1 aromatic heterocycles. The minimum Gasteiger partial charge on any atom is -0.476 e. The van der Waals surface area contributed by atoms with Gasteiger partial charge in [0.05, 0.1) is 18.2 Å². The van der Waals surface area contributed by atoms with Crippen LogP contribution in [0.2, 0.25) is 0 Å². The molecule has 3 nitrogen and oxygen atoms in total. The Hall–Kier alpha value is -1.39. The van der Waals surface area contributed by atoms with Crippen molar-refractivity contribution in [3.8, 4) is 5.88 Å². The van der Waals surface area contributed by atoms with Crippen molar-refractivity contribution in [2.75, 3.05) is 12.3 Å². The predicted octanol–water partition coefficient (Wildman–Crippen LogP) is 1.70.